The van der Waals surface area contributed by atoms with Gasteiger partial charge >= 0.3 is 0 Å². The van der Waals surface area contributed by atoms with Crippen LogP contribution in [-0.2, 0) is 6.54 Å². The molecule has 0 bridgehead atoms. The van der Waals surface area contributed by atoms with Gasteiger partial charge in [0.1, 0.15) is 5.82 Å². The normalized spacial score (nSPS) is 11.8. The zero-order chi connectivity index (χ0) is 13.2. The Morgan fingerprint density at radius 1 is 1.22 bits per heavy atom. The fraction of sp³-hybridized carbons (Fsp3) is 0.357. The summed E-state index contributed by atoms with van der Waals surface area (Å²) in [6, 6.07) is 6.40. The van der Waals surface area contributed by atoms with Gasteiger partial charge in [-0.15, -0.1) is 0 Å². The van der Waals surface area contributed by atoms with Gasteiger partial charge in [-0.25, -0.2) is 9.37 Å². The Labute approximate surface area is 107 Å². The minimum Gasteiger partial charge on any atom is -0.306 e. The number of hydrogen-bond donors (Lipinski definition) is 1. The number of imidazole rings is 1. The Kier molecular flexibility index (Phi) is 3.48. The standard InChI is InChI=1S/C14H18FN3/c1-14(2,3)17-9-13-8-16-10-18(13)12-6-4-11(15)5-7-12/h4-8,10,17H,9H2,1-3H3. The summed E-state index contributed by atoms with van der Waals surface area (Å²) >= 11 is 0. The van der Waals surface area contributed by atoms with Crippen molar-refractivity contribution in [1.82, 2.24) is 14.9 Å². The van der Waals surface area contributed by atoms with Crippen LogP contribution in [0.2, 0.25) is 0 Å². The molecule has 1 aromatic carbocycles. The molecule has 1 N–H and O–H groups in total. The highest BCUT2D eigenvalue weighted by Crippen LogP contribution is 2.13. The lowest BCUT2D eigenvalue weighted by Gasteiger charge is -2.21. The Bertz CT molecular complexity index is 509. The predicted molar refractivity (Wildman–Crippen MR) is 70.1 cm³/mol. The van der Waals surface area contributed by atoms with E-state index in [2.05, 4.69) is 31.1 Å². The Morgan fingerprint density at radius 3 is 2.50 bits per heavy atom. The van der Waals surface area contributed by atoms with E-state index in [9.17, 15) is 4.39 Å². The molecule has 1 heterocycles. The molecule has 0 saturated carbocycles. The second-order valence-electron chi connectivity index (χ2n) is 5.33. The Balaban J connectivity index is 2.20. The van der Waals surface area contributed by atoms with Crippen molar-refractivity contribution in [3.8, 4) is 5.69 Å². The molecular formula is C14H18FN3. The molecule has 0 aliphatic heterocycles. The fourth-order valence-electron chi connectivity index (χ4n) is 1.64. The van der Waals surface area contributed by atoms with Gasteiger partial charge in [-0.2, -0.15) is 0 Å². The number of nitrogens with zero attached hydrogens (tertiary/aromatic N) is 2. The number of hydrogen-bond acceptors (Lipinski definition) is 2. The summed E-state index contributed by atoms with van der Waals surface area (Å²) in [6.07, 6.45) is 3.56. The molecule has 0 fully saturated rings. The van der Waals surface area contributed by atoms with Crippen molar-refractivity contribution in [2.45, 2.75) is 32.9 Å². The molecule has 0 aliphatic carbocycles. The van der Waals surface area contributed by atoms with Crippen molar-refractivity contribution < 1.29 is 4.39 Å². The average Bonchev–Trinajstić information content (AvgIpc) is 2.75. The molecule has 0 atom stereocenters. The lowest BCUT2D eigenvalue weighted by molar-refractivity contribution is 0.419. The minimum atomic E-state index is -0.228. The van der Waals surface area contributed by atoms with Gasteiger partial charge in [-0.3, -0.25) is 0 Å². The van der Waals surface area contributed by atoms with Crippen molar-refractivity contribution >= 4 is 0 Å². The fourth-order valence-corrected chi connectivity index (χ4v) is 1.64. The number of rotatable bonds is 3. The Morgan fingerprint density at radius 2 is 1.89 bits per heavy atom. The minimum absolute atomic E-state index is 0.0535. The zero-order valence-corrected chi connectivity index (χ0v) is 10.9. The van der Waals surface area contributed by atoms with E-state index in [4.69, 9.17) is 0 Å². The number of nitrogens with one attached hydrogen (secondary N) is 1. The van der Waals surface area contributed by atoms with E-state index in [1.54, 1.807) is 18.5 Å². The molecule has 0 saturated heterocycles. The third-order valence-corrected chi connectivity index (χ3v) is 2.62. The lowest BCUT2D eigenvalue weighted by atomic mass is 10.1. The molecule has 0 aliphatic rings. The first-order valence-corrected chi connectivity index (χ1v) is 5.98. The van der Waals surface area contributed by atoms with Crippen molar-refractivity contribution in [3.05, 3.63) is 48.3 Å². The number of aromatic nitrogens is 2. The summed E-state index contributed by atoms with van der Waals surface area (Å²) < 4.78 is 14.9. The summed E-state index contributed by atoms with van der Waals surface area (Å²) in [5, 5.41) is 3.41. The highest BCUT2D eigenvalue weighted by molar-refractivity contribution is 5.33. The molecule has 0 unspecified atom stereocenters. The van der Waals surface area contributed by atoms with Crippen LogP contribution in [0.1, 0.15) is 26.5 Å². The third kappa shape index (κ3) is 3.17. The van der Waals surface area contributed by atoms with Crippen molar-refractivity contribution in [1.29, 1.82) is 0 Å². The van der Waals surface area contributed by atoms with E-state index in [1.807, 2.05) is 10.8 Å². The third-order valence-electron chi connectivity index (χ3n) is 2.62. The molecule has 4 heteroatoms. The van der Waals surface area contributed by atoms with Crippen LogP contribution in [0.5, 0.6) is 0 Å². The van der Waals surface area contributed by atoms with Gasteiger partial charge in [-0.05, 0) is 45.0 Å². The van der Waals surface area contributed by atoms with Gasteiger partial charge in [0.05, 0.1) is 12.0 Å². The van der Waals surface area contributed by atoms with Crippen LogP contribution in [0, 0.1) is 5.82 Å². The zero-order valence-electron chi connectivity index (χ0n) is 10.9. The molecule has 3 nitrogen and oxygen atoms in total. The van der Waals surface area contributed by atoms with E-state index in [0.29, 0.717) is 0 Å². The van der Waals surface area contributed by atoms with E-state index in [-0.39, 0.29) is 11.4 Å². The lowest BCUT2D eigenvalue weighted by Crippen LogP contribution is -2.35. The van der Waals surface area contributed by atoms with E-state index >= 15 is 0 Å². The van der Waals surface area contributed by atoms with Gasteiger partial charge in [-0.1, -0.05) is 0 Å². The van der Waals surface area contributed by atoms with E-state index in [1.165, 1.54) is 12.1 Å². The smallest absolute Gasteiger partial charge is 0.123 e. The molecule has 0 radical (unpaired) electrons. The summed E-state index contributed by atoms with van der Waals surface area (Å²) in [6.45, 7) is 7.07. The topological polar surface area (TPSA) is 29.9 Å². The molecule has 2 rings (SSSR count). The molecule has 0 amide bonds. The maximum atomic E-state index is 12.9. The summed E-state index contributed by atoms with van der Waals surface area (Å²) in [7, 11) is 0. The first-order valence-electron chi connectivity index (χ1n) is 5.98. The monoisotopic (exact) mass is 247 g/mol. The second-order valence-corrected chi connectivity index (χ2v) is 5.33. The average molecular weight is 247 g/mol. The van der Waals surface area contributed by atoms with Crippen LogP contribution >= 0.6 is 0 Å². The quantitative estimate of drug-likeness (QED) is 0.903. The maximum Gasteiger partial charge on any atom is 0.123 e. The van der Waals surface area contributed by atoms with Gasteiger partial charge in [0.25, 0.3) is 0 Å². The Hall–Kier alpha value is -1.68. The SMILES string of the molecule is CC(C)(C)NCc1cncn1-c1ccc(F)cc1. The molecule has 2 aromatic rings. The van der Waals surface area contributed by atoms with Crippen molar-refractivity contribution in [3.63, 3.8) is 0 Å². The first kappa shape index (κ1) is 12.8. The number of benzene rings is 1. The first-order chi connectivity index (χ1) is 8.46. The molecule has 1 aromatic heterocycles. The second kappa shape index (κ2) is 4.90. The van der Waals surface area contributed by atoms with Gasteiger partial charge in [0, 0.05) is 24.0 Å². The predicted octanol–water partition coefficient (Wildman–Crippen LogP) is 2.90. The summed E-state index contributed by atoms with van der Waals surface area (Å²) in [4.78, 5) is 4.15. The molecule has 0 spiro atoms. The van der Waals surface area contributed by atoms with Crippen LogP contribution in [0.3, 0.4) is 0 Å². The number of halogens is 1. The van der Waals surface area contributed by atoms with Crippen LogP contribution < -0.4 is 5.32 Å². The van der Waals surface area contributed by atoms with Crippen LogP contribution in [-0.4, -0.2) is 15.1 Å². The van der Waals surface area contributed by atoms with Crippen LogP contribution in [0.15, 0.2) is 36.8 Å². The van der Waals surface area contributed by atoms with E-state index < -0.39 is 0 Å². The van der Waals surface area contributed by atoms with Crippen molar-refractivity contribution in [2.24, 2.45) is 0 Å². The molecular weight excluding hydrogens is 229 g/mol. The van der Waals surface area contributed by atoms with Crippen LogP contribution in [0.25, 0.3) is 5.69 Å². The van der Waals surface area contributed by atoms with Crippen molar-refractivity contribution in [2.75, 3.05) is 0 Å². The largest absolute Gasteiger partial charge is 0.306 e. The summed E-state index contributed by atoms with van der Waals surface area (Å²) in [5.74, 6) is -0.228. The van der Waals surface area contributed by atoms with E-state index in [0.717, 1.165) is 17.9 Å². The van der Waals surface area contributed by atoms with Gasteiger partial charge in [0.15, 0.2) is 0 Å². The molecule has 18 heavy (non-hydrogen) atoms. The maximum absolute atomic E-state index is 12.9. The van der Waals surface area contributed by atoms with Gasteiger partial charge < -0.3 is 9.88 Å². The summed E-state index contributed by atoms with van der Waals surface area (Å²) in [5.41, 5.74) is 2.02. The highest BCUT2D eigenvalue weighted by Gasteiger charge is 2.11. The van der Waals surface area contributed by atoms with Gasteiger partial charge in [0.2, 0.25) is 0 Å². The van der Waals surface area contributed by atoms with Crippen LogP contribution in [0.4, 0.5) is 4.39 Å². The molecule has 96 valence electrons. The highest BCUT2D eigenvalue weighted by atomic mass is 19.1.